The SMILES string of the molecule is CC(O)[CH-]C(=O)O.[Y]. The van der Waals surface area contributed by atoms with Gasteiger partial charge in [0, 0.05) is 32.7 Å². The maximum Gasteiger partial charge on any atom is 0.166 e. The number of carbonyl (C=O) groups is 1. The van der Waals surface area contributed by atoms with Crippen molar-refractivity contribution in [2.75, 3.05) is 0 Å². The molecular weight excluding hydrogens is 185 g/mol. The van der Waals surface area contributed by atoms with Gasteiger partial charge in [0.05, 0.1) is 0 Å². The second kappa shape index (κ2) is 5.54. The number of aliphatic hydroxyl groups excluding tert-OH is 1. The minimum absolute atomic E-state index is 0. The number of aliphatic carboxylic acids is 1. The number of carboxylic acids is 1. The van der Waals surface area contributed by atoms with E-state index in [0.29, 0.717) is 0 Å². The van der Waals surface area contributed by atoms with Crippen LogP contribution in [0, 0.1) is 6.42 Å². The van der Waals surface area contributed by atoms with E-state index in [1.54, 1.807) is 0 Å². The molecule has 45 valence electrons. The van der Waals surface area contributed by atoms with Gasteiger partial charge >= 0.3 is 0 Å². The Hall–Kier alpha value is 0.404. The van der Waals surface area contributed by atoms with Crippen LogP contribution in [-0.2, 0) is 37.5 Å². The van der Waals surface area contributed by atoms with Crippen molar-refractivity contribution in [3.05, 3.63) is 6.42 Å². The Morgan fingerprint density at radius 2 is 2.12 bits per heavy atom. The van der Waals surface area contributed by atoms with Crippen molar-refractivity contribution in [2.24, 2.45) is 0 Å². The van der Waals surface area contributed by atoms with Gasteiger partial charge in [-0.1, -0.05) is 6.92 Å². The first-order valence-electron chi connectivity index (χ1n) is 1.89. The molecule has 0 fully saturated rings. The molecular formula is C4H7O3Y-. The second-order valence-electron chi connectivity index (χ2n) is 1.25. The zero-order valence-corrected chi connectivity index (χ0v) is 7.37. The molecule has 0 amide bonds. The minimum Gasteiger partial charge on any atom is -0.503 e. The Balaban J connectivity index is 0. The van der Waals surface area contributed by atoms with E-state index >= 15 is 0 Å². The molecule has 0 aromatic rings. The van der Waals surface area contributed by atoms with Crippen LogP contribution >= 0.6 is 0 Å². The molecule has 0 aromatic carbocycles. The predicted octanol–water partition coefficient (Wildman–Crippen LogP) is -0.346. The summed E-state index contributed by atoms with van der Waals surface area (Å²) in [6, 6.07) is 0. The Labute approximate surface area is 73.0 Å². The van der Waals surface area contributed by atoms with Crippen molar-refractivity contribution in [1.29, 1.82) is 0 Å². The van der Waals surface area contributed by atoms with Crippen LogP contribution in [0.25, 0.3) is 0 Å². The van der Waals surface area contributed by atoms with Crippen molar-refractivity contribution in [3.8, 4) is 0 Å². The molecule has 0 bridgehead atoms. The van der Waals surface area contributed by atoms with E-state index in [2.05, 4.69) is 0 Å². The quantitative estimate of drug-likeness (QED) is 0.588. The number of carboxylic acid groups (broad SMARTS) is 1. The van der Waals surface area contributed by atoms with E-state index in [1.165, 1.54) is 6.92 Å². The molecule has 0 aromatic heterocycles. The summed E-state index contributed by atoms with van der Waals surface area (Å²) >= 11 is 0. The number of hydrogen-bond donors (Lipinski definition) is 2. The van der Waals surface area contributed by atoms with Crippen LogP contribution in [0.5, 0.6) is 0 Å². The van der Waals surface area contributed by atoms with Gasteiger partial charge < -0.3 is 10.2 Å². The van der Waals surface area contributed by atoms with Crippen molar-refractivity contribution in [2.45, 2.75) is 13.0 Å². The van der Waals surface area contributed by atoms with Crippen LogP contribution in [0.4, 0.5) is 0 Å². The molecule has 0 heterocycles. The van der Waals surface area contributed by atoms with Crippen LogP contribution in [-0.4, -0.2) is 22.3 Å². The first kappa shape index (κ1) is 11.2. The molecule has 0 aliphatic carbocycles. The van der Waals surface area contributed by atoms with Crippen LogP contribution in [0.3, 0.4) is 0 Å². The minimum atomic E-state index is -1.09. The summed E-state index contributed by atoms with van der Waals surface area (Å²) in [5.41, 5.74) is 0. The van der Waals surface area contributed by atoms with Gasteiger partial charge in [-0.2, -0.15) is 0 Å². The Morgan fingerprint density at radius 1 is 1.75 bits per heavy atom. The Bertz CT molecular complexity index is 71.7. The molecule has 0 aliphatic rings. The van der Waals surface area contributed by atoms with Crippen LogP contribution < -0.4 is 0 Å². The van der Waals surface area contributed by atoms with Crippen molar-refractivity contribution < 1.29 is 47.7 Å². The third-order valence-corrected chi connectivity index (χ3v) is 0.384. The summed E-state index contributed by atoms with van der Waals surface area (Å²) in [6.07, 6.45) is -0.0440. The molecule has 0 saturated heterocycles. The van der Waals surface area contributed by atoms with Gasteiger partial charge in [0.1, 0.15) is 0 Å². The number of hydrogen-bond acceptors (Lipinski definition) is 2. The fourth-order valence-corrected chi connectivity index (χ4v) is 0.206. The summed E-state index contributed by atoms with van der Waals surface area (Å²) < 4.78 is 0. The van der Waals surface area contributed by atoms with Gasteiger partial charge in [-0.15, -0.1) is 0 Å². The fourth-order valence-electron chi connectivity index (χ4n) is 0.206. The van der Waals surface area contributed by atoms with Gasteiger partial charge in [-0.25, -0.2) is 0 Å². The molecule has 1 atom stereocenters. The molecule has 0 saturated carbocycles. The van der Waals surface area contributed by atoms with Gasteiger partial charge in [-0.05, 0) is 6.10 Å². The molecule has 1 unspecified atom stereocenters. The van der Waals surface area contributed by atoms with Crippen molar-refractivity contribution in [3.63, 3.8) is 0 Å². The molecule has 8 heavy (non-hydrogen) atoms. The number of rotatable bonds is 2. The molecule has 0 rings (SSSR count). The molecule has 2 N–H and O–H groups in total. The van der Waals surface area contributed by atoms with Crippen molar-refractivity contribution in [1.82, 2.24) is 0 Å². The molecule has 0 spiro atoms. The van der Waals surface area contributed by atoms with E-state index in [9.17, 15) is 4.79 Å². The first-order chi connectivity index (χ1) is 3.13. The van der Waals surface area contributed by atoms with Crippen LogP contribution in [0.15, 0.2) is 0 Å². The van der Waals surface area contributed by atoms with Gasteiger partial charge in [0.15, 0.2) is 5.97 Å². The second-order valence-corrected chi connectivity index (χ2v) is 1.25. The average molecular weight is 192 g/mol. The normalized spacial score (nSPS) is 11.2. The van der Waals surface area contributed by atoms with Crippen molar-refractivity contribution >= 4 is 5.97 Å². The van der Waals surface area contributed by atoms with E-state index in [0.717, 1.165) is 6.42 Å². The number of aliphatic hydroxyl groups is 1. The van der Waals surface area contributed by atoms with E-state index in [4.69, 9.17) is 10.2 Å². The van der Waals surface area contributed by atoms with E-state index in [-0.39, 0.29) is 32.7 Å². The summed E-state index contributed by atoms with van der Waals surface area (Å²) in [6.45, 7) is 1.38. The Morgan fingerprint density at radius 3 is 2.12 bits per heavy atom. The standard InChI is InChI=1S/C4H7O3.Y/c1-3(5)2-4(6)7;/h2-3,5H,1H3,(H,6,7);/q-1;. The maximum absolute atomic E-state index is 9.59. The summed E-state index contributed by atoms with van der Waals surface area (Å²) in [5, 5.41) is 16.2. The fraction of sp³-hybridized carbons (Fsp3) is 0.500. The summed E-state index contributed by atoms with van der Waals surface area (Å²) in [5.74, 6) is -1.09. The third kappa shape index (κ3) is 9.64. The molecule has 0 aliphatic heterocycles. The topological polar surface area (TPSA) is 57.5 Å². The third-order valence-electron chi connectivity index (χ3n) is 0.384. The molecule has 1 radical (unpaired) electrons. The predicted molar refractivity (Wildman–Crippen MR) is 23.6 cm³/mol. The zero-order valence-electron chi connectivity index (χ0n) is 4.53. The monoisotopic (exact) mass is 192 g/mol. The van der Waals surface area contributed by atoms with E-state index in [1.807, 2.05) is 0 Å². The van der Waals surface area contributed by atoms with Gasteiger partial charge in [-0.3, -0.25) is 11.2 Å². The first-order valence-corrected chi connectivity index (χ1v) is 1.89. The maximum atomic E-state index is 9.59. The largest absolute Gasteiger partial charge is 0.503 e. The summed E-state index contributed by atoms with van der Waals surface area (Å²) in [4.78, 5) is 9.59. The smallest absolute Gasteiger partial charge is 0.166 e. The van der Waals surface area contributed by atoms with E-state index < -0.39 is 12.1 Å². The van der Waals surface area contributed by atoms with Crippen LogP contribution in [0.1, 0.15) is 6.92 Å². The van der Waals surface area contributed by atoms with Gasteiger partial charge in [0.2, 0.25) is 0 Å². The van der Waals surface area contributed by atoms with Crippen LogP contribution in [0.2, 0.25) is 0 Å². The summed E-state index contributed by atoms with van der Waals surface area (Å²) in [7, 11) is 0. The molecule has 4 heteroatoms. The Kier molecular flexibility index (Phi) is 7.78. The average Bonchev–Trinajstić information content (AvgIpc) is 1.27. The van der Waals surface area contributed by atoms with Gasteiger partial charge in [0.25, 0.3) is 0 Å². The molecule has 3 nitrogen and oxygen atoms in total. The zero-order chi connectivity index (χ0) is 5.86.